The first kappa shape index (κ1) is 23.5. The van der Waals surface area contributed by atoms with Gasteiger partial charge in [0, 0.05) is 25.3 Å². The van der Waals surface area contributed by atoms with E-state index in [4.69, 9.17) is 14.2 Å². The minimum atomic E-state index is -0.395. The molecule has 1 amide bonds. The van der Waals surface area contributed by atoms with Crippen LogP contribution in [0, 0.1) is 0 Å². The van der Waals surface area contributed by atoms with E-state index in [1.807, 2.05) is 24.3 Å². The fourth-order valence-corrected chi connectivity index (χ4v) is 3.31. The third-order valence-corrected chi connectivity index (χ3v) is 5.11. The Hall–Kier alpha value is -1.79. The molecule has 0 aromatic heterocycles. The Labute approximate surface area is 175 Å². The van der Waals surface area contributed by atoms with Crippen LogP contribution in [0.4, 0.5) is 10.5 Å². The van der Waals surface area contributed by atoms with Crippen LogP contribution in [0.3, 0.4) is 0 Å². The molecule has 0 saturated carbocycles. The van der Waals surface area contributed by atoms with Gasteiger partial charge in [-0.2, -0.15) is 0 Å². The summed E-state index contributed by atoms with van der Waals surface area (Å²) < 4.78 is 16.4. The van der Waals surface area contributed by atoms with Gasteiger partial charge in [0.25, 0.3) is 0 Å². The van der Waals surface area contributed by atoms with Crippen molar-refractivity contribution >= 4 is 11.8 Å². The lowest BCUT2D eigenvalue weighted by Gasteiger charge is -2.26. The van der Waals surface area contributed by atoms with Crippen LogP contribution in [0.2, 0.25) is 0 Å². The fraction of sp³-hybridized carbons (Fsp3) is 0.696. The van der Waals surface area contributed by atoms with E-state index >= 15 is 0 Å². The standard InChI is InChI=1S/C23H38N2O4/c1-2-3-4-5-6-7-8-9-17-29-23(26)24-21-10-12-22(13-11-21)28-20-16-25-14-18-27-19-15-25/h10-13H,2-9,14-20H2,1H3,(H,24,26). The second-order valence-electron chi connectivity index (χ2n) is 7.56. The minimum absolute atomic E-state index is 0.395. The molecule has 2 rings (SSSR count). The van der Waals surface area contributed by atoms with Crippen LogP contribution in [-0.4, -0.2) is 57.1 Å². The van der Waals surface area contributed by atoms with E-state index in [2.05, 4.69) is 17.1 Å². The number of amides is 1. The smallest absolute Gasteiger partial charge is 0.411 e. The average Bonchev–Trinajstić information content (AvgIpc) is 2.74. The van der Waals surface area contributed by atoms with Gasteiger partial charge in [-0.15, -0.1) is 0 Å². The molecule has 1 aliphatic rings. The van der Waals surface area contributed by atoms with E-state index in [0.29, 0.717) is 18.9 Å². The van der Waals surface area contributed by atoms with Crippen LogP contribution in [-0.2, 0) is 9.47 Å². The topological polar surface area (TPSA) is 60.0 Å². The maximum atomic E-state index is 11.9. The highest BCUT2D eigenvalue weighted by molar-refractivity contribution is 5.84. The van der Waals surface area contributed by atoms with Crippen LogP contribution < -0.4 is 10.1 Å². The number of morpholine rings is 1. The van der Waals surface area contributed by atoms with Crippen molar-refractivity contribution in [1.29, 1.82) is 0 Å². The second-order valence-corrected chi connectivity index (χ2v) is 7.56. The highest BCUT2D eigenvalue weighted by atomic mass is 16.5. The molecular weight excluding hydrogens is 368 g/mol. The molecule has 0 radical (unpaired) electrons. The Morgan fingerprint density at radius 1 is 0.966 bits per heavy atom. The van der Waals surface area contributed by atoms with Crippen molar-refractivity contribution < 1.29 is 19.0 Å². The van der Waals surface area contributed by atoms with Gasteiger partial charge in [0.2, 0.25) is 0 Å². The van der Waals surface area contributed by atoms with Crippen molar-refractivity contribution in [2.24, 2.45) is 0 Å². The molecule has 29 heavy (non-hydrogen) atoms. The van der Waals surface area contributed by atoms with Gasteiger partial charge in [-0.1, -0.05) is 51.9 Å². The number of nitrogens with zero attached hydrogens (tertiary/aromatic N) is 1. The lowest BCUT2D eigenvalue weighted by molar-refractivity contribution is 0.0322. The van der Waals surface area contributed by atoms with Crippen molar-refractivity contribution in [3.8, 4) is 5.75 Å². The number of benzene rings is 1. The Bertz CT molecular complexity index is 544. The molecule has 164 valence electrons. The van der Waals surface area contributed by atoms with E-state index in [1.54, 1.807) is 0 Å². The van der Waals surface area contributed by atoms with E-state index in [0.717, 1.165) is 51.4 Å². The van der Waals surface area contributed by atoms with E-state index in [1.165, 1.54) is 38.5 Å². The first-order valence-corrected chi connectivity index (χ1v) is 11.2. The van der Waals surface area contributed by atoms with Gasteiger partial charge in [-0.25, -0.2) is 4.79 Å². The maximum Gasteiger partial charge on any atom is 0.411 e. The van der Waals surface area contributed by atoms with E-state index in [9.17, 15) is 4.79 Å². The molecule has 6 heteroatoms. The van der Waals surface area contributed by atoms with E-state index < -0.39 is 6.09 Å². The quantitative estimate of drug-likeness (QED) is 0.436. The summed E-state index contributed by atoms with van der Waals surface area (Å²) in [4.78, 5) is 14.2. The van der Waals surface area contributed by atoms with Gasteiger partial charge in [0.15, 0.2) is 0 Å². The van der Waals surface area contributed by atoms with Gasteiger partial charge >= 0.3 is 6.09 Å². The summed E-state index contributed by atoms with van der Waals surface area (Å²) in [5.41, 5.74) is 0.714. The molecule has 1 aliphatic heterocycles. The zero-order valence-corrected chi connectivity index (χ0v) is 18.0. The number of carbonyl (C=O) groups excluding carboxylic acids is 1. The molecular formula is C23H38N2O4. The first-order chi connectivity index (χ1) is 14.3. The van der Waals surface area contributed by atoms with Crippen molar-refractivity contribution in [2.75, 3.05) is 51.4 Å². The third kappa shape index (κ3) is 11.1. The first-order valence-electron chi connectivity index (χ1n) is 11.2. The highest BCUT2D eigenvalue weighted by Gasteiger charge is 2.09. The van der Waals surface area contributed by atoms with Crippen molar-refractivity contribution in [2.45, 2.75) is 58.3 Å². The molecule has 0 spiro atoms. The lowest BCUT2D eigenvalue weighted by atomic mass is 10.1. The second kappa shape index (κ2) is 15.1. The number of rotatable bonds is 14. The number of ether oxygens (including phenoxy) is 3. The summed E-state index contributed by atoms with van der Waals surface area (Å²) >= 11 is 0. The Morgan fingerprint density at radius 3 is 2.31 bits per heavy atom. The maximum absolute atomic E-state index is 11.9. The molecule has 1 fully saturated rings. The predicted molar refractivity (Wildman–Crippen MR) is 117 cm³/mol. The number of hydrogen-bond acceptors (Lipinski definition) is 5. The molecule has 1 aromatic rings. The normalized spacial score (nSPS) is 14.5. The fourth-order valence-electron chi connectivity index (χ4n) is 3.31. The number of carbonyl (C=O) groups is 1. The van der Waals surface area contributed by atoms with Crippen molar-refractivity contribution in [3.05, 3.63) is 24.3 Å². The number of hydrogen-bond donors (Lipinski definition) is 1. The summed E-state index contributed by atoms with van der Waals surface area (Å²) in [6.07, 6.45) is 9.45. The monoisotopic (exact) mass is 406 g/mol. The third-order valence-electron chi connectivity index (χ3n) is 5.11. The van der Waals surface area contributed by atoms with Gasteiger partial charge < -0.3 is 14.2 Å². The Kier molecular flexibility index (Phi) is 12.2. The van der Waals surface area contributed by atoms with Crippen molar-refractivity contribution in [1.82, 2.24) is 4.90 Å². The molecule has 0 unspecified atom stereocenters. The van der Waals surface area contributed by atoms with Gasteiger partial charge in [0.1, 0.15) is 12.4 Å². The summed E-state index contributed by atoms with van der Waals surface area (Å²) in [5, 5.41) is 2.76. The molecule has 1 saturated heterocycles. The lowest BCUT2D eigenvalue weighted by Crippen LogP contribution is -2.38. The van der Waals surface area contributed by atoms with Crippen LogP contribution in [0.15, 0.2) is 24.3 Å². The SMILES string of the molecule is CCCCCCCCCCOC(=O)Nc1ccc(OCCN2CCOCC2)cc1. The zero-order chi connectivity index (χ0) is 20.6. The Balaban J connectivity index is 1.50. The largest absolute Gasteiger partial charge is 0.492 e. The number of nitrogens with one attached hydrogen (secondary N) is 1. The van der Waals surface area contributed by atoms with Gasteiger partial charge in [0.05, 0.1) is 19.8 Å². The molecule has 1 N–H and O–H groups in total. The molecule has 1 heterocycles. The van der Waals surface area contributed by atoms with Crippen LogP contribution >= 0.6 is 0 Å². The summed E-state index contributed by atoms with van der Waals surface area (Å²) in [6, 6.07) is 7.41. The predicted octanol–water partition coefficient (Wildman–Crippen LogP) is 5.09. The molecule has 0 atom stereocenters. The zero-order valence-electron chi connectivity index (χ0n) is 18.0. The van der Waals surface area contributed by atoms with E-state index in [-0.39, 0.29) is 0 Å². The molecule has 1 aromatic carbocycles. The Morgan fingerprint density at radius 2 is 1.62 bits per heavy atom. The van der Waals surface area contributed by atoms with Crippen LogP contribution in [0.5, 0.6) is 5.75 Å². The summed E-state index contributed by atoms with van der Waals surface area (Å²) in [6.45, 7) is 7.79. The highest BCUT2D eigenvalue weighted by Crippen LogP contribution is 2.16. The minimum Gasteiger partial charge on any atom is -0.492 e. The van der Waals surface area contributed by atoms with Gasteiger partial charge in [-0.05, 0) is 30.7 Å². The van der Waals surface area contributed by atoms with Crippen molar-refractivity contribution in [3.63, 3.8) is 0 Å². The number of unbranched alkanes of at least 4 members (excludes halogenated alkanes) is 7. The van der Waals surface area contributed by atoms with Gasteiger partial charge in [-0.3, -0.25) is 10.2 Å². The molecule has 0 bridgehead atoms. The molecule has 6 nitrogen and oxygen atoms in total. The summed E-state index contributed by atoms with van der Waals surface area (Å²) in [5.74, 6) is 0.802. The summed E-state index contributed by atoms with van der Waals surface area (Å²) in [7, 11) is 0. The van der Waals surface area contributed by atoms with Crippen LogP contribution in [0.25, 0.3) is 0 Å². The molecule has 0 aliphatic carbocycles. The average molecular weight is 407 g/mol. The van der Waals surface area contributed by atoms with Crippen LogP contribution in [0.1, 0.15) is 58.3 Å². The number of anilines is 1.